The van der Waals surface area contributed by atoms with E-state index in [-0.39, 0.29) is 39.4 Å². The number of ether oxygens (including phenoxy) is 2. The fraction of sp³-hybridized carbons (Fsp3) is 0.182. The summed E-state index contributed by atoms with van der Waals surface area (Å²) in [6.07, 6.45) is 1.13. The first-order valence-electron chi connectivity index (χ1n) is 10.2. The van der Waals surface area contributed by atoms with Crippen molar-refractivity contribution in [3.05, 3.63) is 75.2 Å². The Bertz CT molecular complexity index is 1460. The minimum atomic E-state index is -2.85. The van der Waals surface area contributed by atoms with Gasteiger partial charge in [-0.15, -0.1) is 5.10 Å². The molecule has 0 bridgehead atoms. The van der Waals surface area contributed by atoms with E-state index in [1.807, 2.05) is 0 Å². The summed E-state index contributed by atoms with van der Waals surface area (Å²) in [5.74, 6) is -0.559. The number of pyridine rings is 3. The van der Waals surface area contributed by atoms with Gasteiger partial charge < -0.3 is 14.0 Å². The number of nitrogens with one attached hydrogen (secondary N) is 1. The SMILES string of the molecule is COc1cnc(C(F)F)cc1-c1cn(C)c(=O)cc1C(=O)Nc1nnc(OCc2ccc(Cl)cn2)s1. The van der Waals surface area contributed by atoms with Gasteiger partial charge in [-0.25, -0.2) is 8.78 Å². The smallest absolute Gasteiger partial charge is 0.296 e. The lowest BCUT2D eigenvalue weighted by Crippen LogP contribution is -2.22. The number of rotatable bonds is 8. The molecule has 4 rings (SSSR count). The van der Waals surface area contributed by atoms with Crippen LogP contribution >= 0.6 is 22.9 Å². The molecule has 0 aliphatic carbocycles. The van der Waals surface area contributed by atoms with Gasteiger partial charge in [0.15, 0.2) is 0 Å². The molecule has 0 aromatic carbocycles. The molecule has 0 atom stereocenters. The molecule has 0 unspecified atom stereocenters. The van der Waals surface area contributed by atoms with Gasteiger partial charge in [0.2, 0.25) is 5.13 Å². The lowest BCUT2D eigenvalue weighted by atomic mass is 10.0. The summed E-state index contributed by atoms with van der Waals surface area (Å²) >= 11 is 6.76. The van der Waals surface area contributed by atoms with Crippen LogP contribution in [0.5, 0.6) is 10.9 Å². The molecule has 0 fully saturated rings. The third-order valence-corrected chi connectivity index (χ3v) is 5.83. The Hall–Kier alpha value is -3.97. The molecule has 1 amide bonds. The first-order chi connectivity index (χ1) is 17.2. The van der Waals surface area contributed by atoms with Gasteiger partial charge in [0, 0.05) is 36.6 Å². The Morgan fingerprint density at radius 2 is 2.00 bits per heavy atom. The topological polar surface area (TPSA) is 121 Å². The molecule has 10 nitrogen and oxygen atoms in total. The van der Waals surface area contributed by atoms with Crippen LogP contribution in [0.15, 0.2) is 47.7 Å². The molecule has 1 N–H and O–H groups in total. The van der Waals surface area contributed by atoms with Crippen LogP contribution in [0.3, 0.4) is 0 Å². The Kier molecular flexibility index (Phi) is 7.50. The fourth-order valence-corrected chi connectivity index (χ4v) is 3.80. The van der Waals surface area contributed by atoms with Crippen molar-refractivity contribution in [1.82, 2.24) is 24.7 Å². The van der Waals surface area contributed by atoms with Crippen molar-refractivity contribution < 1.29 is 23.0 Å². The number of anilines is 1. The average Bonchev–Trinajstić information content (AvgIpc) is 3.31. The molecule has 0 saturated heterocycles. The van der Waals surface area contributed by atoms with E-state index < -0.39 is 23.6 Å². The van der Waals surface area contributed by atoms with Gasteiger partial charge in [-0.05, 0) is 29.5 Å². The molecule has 14 heteroatoms. The minimum absolute atomic E-state index is 0.0779. The zero-order valence-electron chi connectivity index (χ0n) is 18.7. The van der Waals surface area contributed by atoms with Gasteiger partial charge in [-0.1, -0.05) is 16.7 Å². The Morgan fingerprint density at radius 3 is 2.69 bits per heavy atom. The number of alkyl halides is 2. The number of hydrogen-bond donors (Lipinski definition) is 1. The first kappa shape index (κ1) is 25.1. The zero-order chi connectivity index (χ0) is 25.8. The molecule has 36 heavy (non-hydrogen) atoms. The number of halogens is 3. The van der Waals surface area contributed by atoms with E-state index >= 15 is 0 Å². The number of carbonyl (C=O) groups is 1. The lowest BCUT2D eigenvalue weighted by Gasteiger charge is -2.14. The maximum atomic E-state index is 13.3. The van der Waals surface area contributed by atoms with Crippen LogP contribution < -0.4 is 20.3 Å². The fourth-order valence-electron chi connectivity index (χ4n) is 3.09. The standard InChI is InChI=1S/C22H17ClF2N6O4S/c1-31-9-15(13-5-16(19(24)25)27-8-17(13)34-2)14(6-18(31)32)20(33)28-21-29-30-22(36-21)35-10-12-4-3-11(23)7-26-12/h3-9,19H,10H2,1-2H3,(H,28,29,33). The summed E-state index contributed by atoms with van der Waals surface area (Å²) < 4.78 is 38.6. The second kappa shape index (κ2) is 10.7. The van der Waals surface area contributed by atoms with Crippen LogP contribution in [0.25, 0.3) is 11.1 Å². The van der Waals surface area contributed by atoms with E-state index in [4.69, 9.17) is 21.1 Å². The molecule has 0 radical (unpaired) electrons. The van der Waals surface area contributed by atoms with Gasteiger partial charge >= 0.3 is 0 Å². The van der Waals surface area contributed by atoms with Crippen LogP contribution in [0, 0.1) is 0 Å². The van der Waals surface area contributed by atoms with Crippen molar-refractivity contribution in [2.75, 3.05) is 12.4 Å². The van der Waals surface area contributed by atoms with Crippen LogP contribution in [0.4, 0.5) is 13.9 Å². The third-order valence-electron chi connectivity index (χ3n) is 4.85. The molecule has 0 aliphatic rings. The highest BCUT2D eigenvalue weighted by Gasteiger charge is 2.22. The molecule has 0 spiro atoms. The highest BCUT2D eigenvalue weighted by Crippen LogP contribution is 2.34. The van der Waals surface area contributed by atoms with Crippen molar-refractivity contribution >= 4 is 34.0 Å². The zero-order valence-corrected chi connectivity index (χ0v) is 20.3. The van der Waals surface area contributed by atoms with Crippen LogP contribution in [0.2, 0.25) is 5.02 Å². The summed E-state index contributed by atoms with van der Waals surface area (Å²) in [6.45, 7) is 0.104. The van der Waals surface area contributed by atoms with Crippen LogP contribution in [-0.2, 0) is 13.7 Å². The molecule has 4 heterocycles. The summed E-state index contributed by atoms with van der Waals surface area (Å²) in [7, 11) is 2.81. The quantitative estimate of drug-likeness (QED) is 0.358. The normalized spacial score (nSPS) is 10.9. The van der Waals surface area contributed by atoms with E-state index in [1.165, 1.54) is 31.1 Å². The van der Waals surface area contributed by atoms with Gasteiger partial charge in [0.1, 0.15) is 18.1 Å². The molecular formula is C22H17ClF2N6O4S. The molecule has 4 aromatic rings. The summed E-state index contributed by atoms with van der Waals surface area (Å²) in [4.78, 5) is 33.2. The molecule has 186 valence electrons. The predicted molar refractivity (Wildman–Crippen MR) is 128 cm³/mol. The van der Waals surface area contributed by atoms with Crippen molar-refractivity contribution in [2.45, 2.75) is 13.0 Å². The first-order valence-corrected chi connectivity index (χ1v) is 11.4. The Balaban J connectivity index is 1.60. The van der Waals surface area contributed by atoms with E-state index in [0.29, 0.717) is 10.7 Å². The van der Waals surface area contributed by atoms with Gasteiger partial charge in [-0.3, -0.25) is 24.9 Å². The molecule has 0 saturated carbocycles. The lowest BCUT2D eigenvalue weighted by molar-refractivity contribution is 0.102. The van der Waals surface area contributed by atoms with E-state index in [0.717, 1.165) is 29.7 Å². The van der Waals surface area contributed by atoms with Crippen molar-refractivity contribution in [2.24, 2.45) is 7.05 Å². The van der Waals surface area contributed by atoms with E-state index in [1.54, 1.807) is 12.1 Å². The number of carbonyl (C=O) groups excluding carboxylic acids is 1. The van der Waals surface area contributed by atoms with Crippen LogP contribution in [0.1, 0.15) is 28.2 Å². The number of nitrogens with zero attached hydrogens (tertiary/aromatic N) is 5. The van der Waals surface area contributed by atoms with Gasteiger partial charge in [-0.2, -0.15) is 0 Å². The second-order valence-electron chi connectivity index (χ2n) is 7.24. The van der Waals surface area contributed by atoms with Crippen LogP contribution in [-0.4, -0.2) is 37.7 Å². The monoisotopic (exact) mass is 534 g/mol. The number of aromatic nitrogens is 5. The minimum Gasteiger partial charge on any atom is -0.494 e. The maximum Gasteiger partial charge on any atom is 0.296 e. The molecular weight excluding hydrogens is 518 g/mol. The maximum absolute atomic E-state index is 13.3. The van der Waals surface area contributed by atoms with E-state index in [9.17, 15) is 18.4 Å². The molecule has 0 aliphatic heterocycles. The number of amides is 1. The van der Waals surface area contributed by atoms with Crippen molar-refractivity contribution in [1.29, 1.82) is 0 Å². The number of aryl methyl sites for hydroxylation is 1. The van der Waals surface area contributed by atoms with Crippen molar-refractivity contribution in [3.8, 4) is 22.1 Å². The van der Waals surface area contributed by atoms with Crippen molar-refractivity contribution in [3.63, 3.8) is 0 Å². The van der Waals surface area contributed by atoms with Gasteiger partial charge in [0.25, 0.3) is 23.1 Å². The molecule has 4 aromatic heterocycles. The van der Waals surface area contributed by atoms with Gasteiger partial charge in [0.05, 0.1) is 29.6 Å². The summed E-state index contributed by atoms with van der Waals surface area (Å²) in [6, 6.07) is 5.57. The third kappa shape index (κ3) is 5.63. The highest BCUT2D eigenvalue weighted by molar-refractivity contribution is 7.17. The van der Waals surface area contributed by atoms with E-state index in [2.05, 4.69) is 25.5 Å². The highest BCUT2D eigenvalue weighted by atomic mass is 35.5. The predicted octanol–water partition coefficient (Wildman–Crippen LogP) is 4.12. The largest absolute Gasteiger partial charge is 0.494 e. The average molecular weight is 535 g/mol. The second-order valence-corrected chi connectivity index (χ2v) is 8.62. The Morgan fingerprint density at radius 1 is 1.19 bits per heavy atom. The summed E-state index contributed by atoms with van der Waals surface area (Å²) in [5, 5.41) is 11.1. The summed E-state index contributed by atoms with van der Waals surface area (Å²) in [5.41, 5.74) is -0.106. The number of methoxy groups -OCH3 is 1. The number of hydrogen-bond acceptors (Lipinski definition) is 9. The Labute approximate surface area is 211 Å².